The Kier molecular flexibility index (Phi) is 1.57. The fourth-order valence-electron chi connectivity index (χ4n) is 2.10. The van der Waals surface area contributed by atoms with Crippen molar-refractivity contribution in [3.63, 3.8) is 0 Å². The number of nitrogens with zero attached hydrogens (tertiary/aromatic N) is 1. The molecule has 3 nitrogen and oxygen atoms in total. The average molecular weight is 198 g/mol. The van der Waals surface area contributed by atoms with Crippen molar-refractivity contribution in [3.05, 3.63) is 41.1 Å². The van der Waals surface area contributed by atoms with Crippen LogP contribution >= 0.6 is 0 Å². The zero-order valence-electron chi connectivity index (χ0n) is 8.37. The van der Waals surface area contributed by atoms with Crippen LogP contribution in [0.5, 0.6) is 0 Å². The van der Waals surface area contributed by atoms with Gasteiger partial charge in [0, 0.05) is 16.8 Å². The molecule has 74 valence electrons. The Morgan fingerprint density at radius 2 is 2.00 bits per heavy atom. The number of H-pyrrole nitrogens is 1. The predicted octanol–water partition coefficient (Wildman–Crippen LogP) is 2.18. The van der Waals surface area contributed by atoms with E-state index in [4.69, 9.17) is 0 Å². The molecule has 1 heterocycles. The van der Waals surface area contributed by atoms with Crippen molar-refractivity contribution >= 4 is 5.78 Å². The summed E-state index contributed by atoms with van der Waals surface area (Å²) in [6.45, 7) is 2.02. The molecule has 0 atom stereocenters. The number of aromatic amines is 1. The third-order valence-corrected chi connectivity index (χ3v) is 2.85. The van der Waals surface area contributed by atoms with E-state index in [1.807, 2.05) is 31.2 Å². The van der Waals surface area contributed by atoms with Gasteiger partial charge in [-0.2, -0.15) is 5.10 Å². The van der Waals surface area contributed by atoms with Crippen molar-refractivity contribution in [1.29, 1.82) is 0 Å². The molecular formula is C12H10N2O. The van der Waals surface area contributed by atoms with Crippen LogP contribution in [0.1, 0.15) is 28.5 Å². The summed E-state index contributed by atoms with van der Waals surface area (Å²) in [4.78, 5) is 12.1. The van der Waals surface area contributed by atoms with Crippen LogP contribution in [0.3, 0.4) is 0 Å². The second-order valence-corrected chi connectivity index (χ2v) is 3.65. The molecule has 1 aliphatic carbocycles. The number of nitrogens with one attached hydrogen (secondary N) is 1. The first-order valence-electron chi connectivity index (χ1n) is 5.04. The molecule has 0 saturated carbocycles. The van der Waals surface area contributed by atoms with E-state index in [1.54, 1.807) is 0 Å². The number of aromatic nitrogens is 2. The van der Waals surface area contributed by atoms with Gasteiger partial charge in [-0.3, -0.25) is 9.89 Å². The Balaban J connectivity index is 2.34. The normalized spacial score (nSPS) is 12.7. The lowest BCUT2D eigenvalue weighted by molar-refractivity contribution is 0.104. The van der Waals surface area contributed by atoms with Gasteiger partial charge in [-0.25, -0.2) is 0 Å². The van der Waals surface area contributed by atoms with E-state index in [9.17, 15) is 4.79 Å². The van der Waals surface area contributed by atoms with Gasteiger partial charge < -0.3 is 0 Å². The number of benzene rings is 1. The highest BCUT2D eigenvalue weighted by Crippen LogP contribution is 2.36. The molecule has 0 fully saturated rings. The highest BCUT2D eigenvalue weighted by atomic mass is 16.1. The Bertz CT molecular complexity index is 554. The molecule has 0 spiro atoms. The fraction of sp³-hybridized carbons (Fsp3) is 0.167. The SMILES string of the molecule is CCc1[nH]nc2c1C(=O)c1ccccc1-2. The van der Waals surface area contributed by atoms with Crippen LogP contribution in [-0.2, 0) is 6.42 Å². The number of aryl methyl sites for hydroxylation is 1. The molecule has 0 radical (unpaired) electrons. The summed E-state index contributed by atoms with van der Waals surface area (Å²) in [6.07, 6.45) is 0.808. The van der Waals surface area contributed by atoms with Gasteiger partial charge in [0.05, 0.1) is 5.56 Å². The molecule has 0 unspecified atom stereocenters. The molecule has 3 rings (SSSR count). The fourth-order valence-corrected chi connectivity index (χ4v) is 2.10. The molecule has 2 aromatic rings. The molecular weight excluding hydrogens is 188 g/mol. The van der Waals surface area contributed by atoms with Crippen molar-refractivity contribution < 1.29 is 4.79 Å². The lowest BCUT2D eigenvalue weighted by Gasteiger charge is -1.96. The number of rotatable bonds is 1. The minimum atomic E-state index is 0.103. The third kappa shape index (κ3) is 0.947. The van der Waals surface area contributed by atoms with Gasteiger partial charge >= 0.3 is 0 Å². The lowest BCUT2D eigenvalue weighted by atomic mass is 10.1. The number of hydrogen-bond acceptors (Lipinski definition) is 2. The van der Waals surface area contributed by atoms with E-state index in [2.05, 4.69) is 10.2 Å². The predicted molar refractivity (Wildman–Crippen MR) is 56.8 cm³/mol. The number of carbonyl (C=O) groups is 1. The second kappa shape index (κ2) is 2.79. The molecule has 0 bridgehead atoms. The summed E-state index contributed by atoms with van der Waals surface area (Å²) in [5.41, 5.74) is 4.24. The summed E-state index contributed by atoms with van der Waals surface area (Å²) >= 11 is 0. The molecule has 1 aliphatic rings. The maximum absolute atomic E-state index is 12.1. The molecule has 3 heteroatoms. The van der Waals surface area contributed by atoms with Gasteiger partial charge in [-0.05, 0) is 6.42 Å². The Labute approximate surface area is 87.1 Å². The van der Waals surface area contributed by atoms with Crippen LogP contribution < -0.4 is 0 Å². The van der Waals surface area contributed by atoms with E-state index in [0.29, 0.717) is 0 Å². The molecule has 1 N–H and O–H groups in total. The molecule has 0 saturated heterocycles. The van der Waals surface area contributed by atoms with Gasteiger partial charge in [-0.15, -0.1) is 0 Å². The topological polar surface area (TPSA) is 45.8 Å². The monoisotopic (exact) mass is 198 g/mol. The molecule has 1 aromatic carbocycles. The molecule has 0 aliphatic heterocycles. The minimum Gasteiger partial charge on any atom is -0.288 e. The molecule has 0 amide bonds. The van der Waals surface area contributed by atoms with Crippen LogP contribution in [0.25, 0.3) is 11.3 Å². The number of hydrogen-bond donors (Lipinski definition) is 1. The van der Waals surface area contributed by atoms with E-state index < -0.39 is 0 Å². The zero-order chi connectivity index (χ0) is 10.4. The quantitative estimate of drug-likeness (QED) is 0.651. The Morgan fingerprint density at radius 1 is 1.27 bits per heavy atom. The van der Waals surface area contributed by atoms with Crippen LogP contribution in [0.15, 0.2) is 24.3 Å². The highest BCUT2D eigenvalue weighted by molar-refractivity contribution is 6.21. The van der Waals surface area contributed by atoms with E-state index in [-0.39, 0.29) is 5.78 Å². The average Bonchev–Trinajstić information content (AvgIpc) is 2.81. The maximum atomic E-state index is 12.1. The van der Waals surface area contributed by atoms with E-state index in [0.717, 1.165) is 34.5 Å². The Morgan fingerprint density at radius 3 is 2.73 bits per heavy atom. The van der Waals surface area contributed by atoms with Gasteiger partial charge in [0.2, 0.25) is 0 Å². The van der Waals surface area contributed by atoms with Crippen LogP contribution in [0.4, 0.5) is 0 Å². The largest absolute Gasteiger partial charge is 0.288 e. The summed E-state index contributed by atoms with van der Waals surface area (Å²) < 4.78 is 0. The van der Waals surface area contributed by atoms with Crippen molar-refractivity contribution in [3.8, 4) is 11.3 Å². The van der Waals surface area contributed by atoms with E-state index in [1.165, 1.54) is 0 Å². The standard InChI is InChI=1S/C12H10N2O/c1-2-9-10-11(14-13-9)7-5-3-4-6-8(7)12(10)15/h3-6H,2H2,1H3,(H,13,14). The first kappa shape index (κ1) is 8.41. The van der Waals surface area contributed by atoms with Crippen molar-refractivity contribution in [2.45, 2.75) is 13.3 Å². The van der Waals surface area contributed by atoms with Gasteiger partial charge in [0.1, 0.15) is 5.69 Å². The summed E-state index contributed by atoms with van der Waals surface area (Å²) in [6, 6.07) is 7.62. The number of carbonyl (C=O) groups excluding carboxylic acids is 1. The molecule has 15 heavy (non-hydrogen) atoms. The summed E-state index contributed by atoms with van der Waals surface area (Å²) in [5, 5.41) is 7.14. The first-order valence-corrected chi connectivity index (χ1v) is 5.04. The smallest absolute Gasteiger partial charge is 0.197 e. The third-order valence-electron chi connectivity index (χ3n) is 2.85. The van der Waals surface area contributed by atoms with Gasteiger partial charge in [-0.1, -0.05) is 31.2 Å². The number of ketones is 1. The van der Waals surface area contributed by atoms with Gasteiger partial charge in [0.15, 0.2) is 5.78 Å². The highest BCUT2D eigenvalue weighted by Gasteiger charge is 2.31. The Hall–Kier alpha value is -1.90. The van der Waals surface area contributed by atoms with Crippen LogP contribution in [-0.4, -0.2) is 16.0 Å². The minimum absolute atomic E-state index is 0.103. The van der Waals surface area contributed by atoms with Crippen molar-refractivity contribution in [2.75, 3.05) is 0 Å². The van der Waals surface area contributed by atoms with Crippen molar-refractivity contribution in [1.82, 2.24) is 10.2 Å². The molecule has 1 aromatic heterocycles. The first-order chi connectivity index (χ1) is 7.33. The maximum Gasteiger partial charge on any atom is 0.197 e. The van der Waals surface area contributed by atoms with Crippen LogP contribution in [0.2, 0.25) is 0 Å². The van der Waals surface area contributed by atoms with Crippen molar-refractivity contribution in [2.24, 2.45) is 0 Å². The summed E-state index contributed by atoms with van der Waals surface area (Å²) in [7, 11) is 0. The zero-order valence-corrected chi connectivity index (χ0v) is 8.37. The lowest BCUT2D eigenvalue weighted by Crippen LogP contribution is -1.98. The summed E-state index contributed by atoms with van der Waals surface area (Å²) in [5.74, 6) is 0.103. The van der Waals surface area contributed by atoms with E-state index >= 15 is 0 Å². The number of fused-ring (bicyclic) bond motifs is 3. The van der Waals surface area contributed by atoms with Gasteiger partial charge in [0.25, 0.3) is 0 Å². The van der Waals surface area contributed by atoms with Crippen LogP contribution in [0, 0.1) is 0 Å². The second-order valence-electron chi connectivity index (χ2n) is 3.65.